The normalized spacial score (nSPS) is 25.7. The van der Waals surface area contributed by atoms with E-state index in [-0.39, 0.29) is 25.4 Å². The molecule has 62 heavy (non-hydrogen) atoms. The number of alkyl carbamates (subject to hydrolysis) is 1. The molecule has 0 radical (unpaired) electrons. The van der Waals surface area contributed by atoms with Gasteiger partial charge >= 0.3 is 16.3 Å². The first-order valence-electron chi connectivity index (χ1n) is 21.4. The molecule has 1 aromatic carbocycles. The Labute approximate surface area is 366 Å². The number of allylic oxidation sites excluding steroid dienone is 1. The lowest BCUT2D eigenvalue weighted by Crippen LogP contribution is -2.58. The summed E-state index contributed by atoms with van der Waals surface area (Å²) in [7, 11) is -1.59. The van der Waals surface area contributed by atoms with Gasteiger partial charge in [0.1, 0.15) is 34.8 Å². The SMILES string of the molecule is CC(C)n1c(O[C@@H]2C[C@H]3C(=O)N[C@]4(C(=O)NS(=O)(=O)N(C)C)C[C@H]4/C=C\CCCCC[C@H](NC(=O)OC(C)(C)C)C(=O)N3C2)nc2c(-c3csc(N4CCOCC4)n3)cccc21. The van der Waals surface area contributed by atoms with Crippen molar-refractivity contribution in [3.63, 3.8) is 0 Å². The number of anilines is 1. The highest BCUT2D eigenvalue weighted by molar-refractivity contribution is 7.87. The molecule has 7 rings (SSSR count). The maximum atomic E-state index is 14.7. The summed E-state index contributed by atoms with van der Waals surface area (Å²) in [4.78, 5) is 69.9. The maximum Gasteiger partial charge on any atom is 0.408 e. The minimum absolute atomic E-state index is 0.0219. The van der Waals surface area contributed by atoms with Crippen molar-refractivity contribution in [2.45, 2.75) is 115 Å². The molecule has 3 aliphatic heterocycles. The van der Waals surface area contributed by atoms with Crippen molar-refractivity contribution in [2.75, 3.05) is 51.8 Å². The fraction of sp³-hybridized carbons (Fsp3) is 0.619. The molecule has 4 amide bonds. The van der Waals surface area contributed by atoms with Crippen LogP contribution in [-0.2, 0) is 34.1 Å². The van der Waals surface area contributed by atoms with Crippen molar-refractivity contribution in [2.24, 2.45) is 5.92 Å². The number of carbonyl (C=O) groups excluding carboxylic acids is 4. The van der Waals surface area contributed by atoms with E-state index >= 15 is 0 Å². The van der Waals surface area contributed by atoms with Crippen LogP contribution in [0.5, 0.6) is 6.01 Å². The highest BCUT2D eigenvalue weighted by Gasteiger charge is 2.62. The van der Waals surface area contributed by atoms with Crippen LogP contribution in [0.2, 0.25) is 0 Å². The summed E-state index contributed by atoms with van der Waals surface area (Å²) < 4.78 is 48.4. The fourth-order valence-electron chi connectivity index (χ4n) is 8.24. The van der Waals surface area contributed by atoms with Crippen LogP contribution in [0.15, 0.2) is 35.7 Å². The molecule has 18 nitrogen and oxygen atoms in total. The maximum absolute atomic E-state index is 14.7. The second-order valence-electron chi connectivity index (χ2n) is 17.9. The van der Waals surface area contributed by atoms with Crippen molar-refractivity contribution in [3.05, 3.63) is 35.7 Å². The lowest BCUT2D eigenvalue weighted by Gasteiger charge is -2.30. The standard InChI is InChI=1S/C42H59N9O9S2/c1-26(2)51-32-17-13-15-29(31-25-61-39(43-31)49-18-20-58-21-19-49)34(32)45-38(51)59-28-22-33-35(52)46-42(37(54)47-62(56,57)48(6)7)23-27(42)14-11-9-8-10-12-16-30(36(53)50(33)24-28)44-40(55)60-41(3,4)5/h11,13-15,17,25-28,30,33H,8-10,12,16,18-24H2,1-7H3,(H,44,55)(H,46,52)(H,47,54)/b14-11-/t27-,28-,30+,33+,42-/m1/s1. The van der Waals surface area contributed by atoms with Gasteiger partial charge in [0.2, 0.25) is 11.8 Å². The van der Waals surface area contributed by atoms with Gasteiger partial charge in [-0.05, 0) is 66.4 Å². The van der Waals surface area contributed by atoms with E-state index in [1.165, 1.54) is 19.0 Å². The number of rotatable bonds is 9. The van der Waals surface area contributed by atoms with Crippen LogP contribution in [-0.4, -0.2) is 132 Å². The average Bonchev–Trinajstić information content (AvgIpc) is 3.56. The molecular formula is C42H59N9O9S2. The number of nitrogens with one attached hydrogen (secondary N) is 3. The minimum Gasteiger partial charge on any atom is -0.459 e. The van der Waals surface area contributed by atoms with Crippen molar-refractivity contribution in [1.82, 2.24) is 39.1 Å². The number of aromatic nitrogens is 3. The van der Waals surface area contributed by atoms with Crippen LogP contribution < -0.4 is 25.0 Å². The van der Waals surface area contributed by atoms with E-state index in [9.17, 15) is 27.6 Å². The van der Waals surface area contributed by atoms with Gasteiger partial charge in [0.15, 0.2) is 5.13 Å². The van der Waals surface area contributed by atoms with E-state index in [2.05, 4.69) is 20.3 Å². The van der Waals surface area contributed by atoms with Gasteiger partial charge in [0.25, 0.3) is 11.9 Å². The molecule has 338 valence electrons. The Hall–Kier alpha value is -4.79. The lowest BCUT2D eigenvalue weighted by atomic mass is 10.0. The fourth-order valence-corrected chi connectivity index (χ4v) is 9.71. The number of fused-ring (bicyclic) bond motifs is 3. The lowest BCUT2D eigenvalue weighted by molar-refractivity contribution is -0.141. The number of para-hydroxylation sites is 1. The molecule has 3 fully saturated rings. The quantitative estimate of drug-likeness (QED) is 0.259. The van der Waals surface area contributed by atoms with Crippen LogP contribution in [0.4, 0.5) is 9.93 Å². The van der Waals surface area contributed by atoms with Gasteiger partial charge < -0.3 is 34.6 Å². The van der Waals surface area contributed by atoms with Crippen molar-refractivity contribution >= 4 is 61.5 Å². The number of amides is 4. The number of hydrogen-bond acceptors (Lipinski definition) is 13. The topological polar surface area (TPSA) is 207 Å². The van der Waals surface area contributed by atoms with Crippen molar-refractivity contribution in [3.8, 4) is 17.3 Å². The van der Waals surface area contributed by atoms with Crippen molar-refractivity contribution in [1.29, 1.82) is 0 Å². The summed E-state index contributed by atoms with van der Waals surface area (Å²) in [5.41, 5.74) is 0.732. The Kier molecular flexibility index (Phi) is 13.2. The zero-order valence-corrected chi connectivity index (χ0v) is 38.1. The number of carbonyl (C=O) groups is 4. The Bertz CT molecular complexity index is 2300. The van der Waals surface area contributed by atoms with E-state index in [4.69, 9.17) is 24.2 Å². The van der Waals surface area contributed by atoms with Gasteiger partial charge in [-0.2, -0.15) is 17.7 Å². The van der Waals surface area contributed by atoms with Gasteiger partial charge in [-0.25, -0.2) is 14.5 Å². The first kappa shape index (κ1) is 45.2. The number of morpholine rings is 1. The zero-order valence-electron chi connectivity index (χ0n) is 36.5. The van der Waals surface area contributed by atoms with E-state index in [0.717, 1.165) is 52.1 Å². The van der Waals surface area contributed by atoms with E-state index < -0.39 is 69.3 Å². The molecule has 20 heteroatoms. The van der Waals surface area contributed by atoms with Crippen LogP contribution >= 0.6 is 11.3 Å². The number of thiazole rings is 1. The Morgan fingerprint density at radius 1 is 1.10 bits per heavy atom. The van der Waals surface area contributed by atoms with E-state index in [0.29, 0.717) is 44.0 Å². The molecule has 0 spiro atoms. The Morgan fingerprint density at radius 3 is 2.56 bits per heavy atom. The van der Waals surface area contributed by atoms with Crippen LogP contribution in [0, 0.1) is 5.92 Å². The molecule has 1 aliphatic carbocycles. The average molecular weight is 898 g/mol. The number of hydrogen-bond donors (Lipinski definition) is 3. The Morgan fingerprint density at radius 2 is 1.85 bits per heavy atom. The van der Waals surface area contributed by atoms with Gasteiger partial charge in [-0.1, -0.05) is 37.1 Å². The van der Waals surface area contributed by atoms with Gasteiger partial charge in [-0.3, -0.25) is 19.0 Å². The largest absolute Gasteiger partial charge is 0.459 e. The summed E-state index contributed by atoms with van der Waals surface area (Å²) in [5.74, 6) is -2.50. The van der Waals surface area contributed by atoms with Crippen LogP contribution in [0.1, 0.15) is 85.6 Å². The summed E-state index contributed by atoms with van der Waals surface area (Å²) in [6.45, 7) is 12.0. The minimum atomic E-state index is -4.19. The molecular weight excluding hydrogens is 839 g/mol. The zero-order chi connectivity index (χ0) is 44.6. The summed E-state index contributed by atoms with van der Waals surface area (Å²) in [5, 5.41) is 8.58. The first-order valence-corrected chi connectivity index (χ1v) is 23.7. The highest BCUT2D eigenvalue weighted by Crippen LogP contribution is 2.46. The molecule has 0 unspecified atom stereocenters. The molecule has 3 aromatic rings. The second-order valence-corrected chi connectivity index (χ2v) is 20.6. The third kappa shape index (κ3) is 9.87. The van der Waals surface area contributed by atoms with Crippen LogP contribution in [0.25, 0.3) is 22.3 Å². The van der Waals surface area contributed by atoms with Crippen molar-refractivity contribution < 1.29 is 41.8 Å². The van der Waals surface area contributed by atoms with Gasteiger partial charge in [0.05, 0.1) is 31.0 Å². The highest BCUT2D eigenvalue weighted by atomic mass is 32.2. The summed E-state index contributed by atoms with van der Waals surface area (Å²) >= 11 is 1.56. The summed E-state index contributed by atoms with van der Waals surface area (Å²) in [6.07, 6.45) is 5.56. The molecule has 0 bridgehead atoms. The molecule has 1 saturated carbocycles. The van der Waals surface area contributed by atoms with E-state index in [1.54, 1.807) is 32.1 Å². The number of imidazole rings is 1. The number of benzene rings is 1. The second kappa shape index (κ2) is 18.1. The Balaban J connectivity index is 1.22. The first-order chi connectivity index (χ1) is 29.4. The molecule has 3 N–H and O–H groups in total. The smallest absolute Gasteiger partial charge is 0.408 e. The monoisotopic (exact) mass is 897 g/mol. The molecule has 4 aliphatic rings. The third-order valence-corrected chi connectivity index (χ3v) is 13.9. The predicted molar refractivity (Wildman–Crippen MR) is 234 cm³/mol. The molecule has 5 heterocycles. The third-order valence-electron chi connectivity index (χ3n) is 11.6. The van der Waals surface area contributed by atoms with Crippen LogP contribution in [0.3, 0.4) is 0 Å². The predicted octanol–water partition coefficient (Wildman–Crippen LogP) is 4.14. The van der Waals surface area contributed by atoms with E-state index in [1.807, 2.05) is 54.1 Å². The number of ether oxygens (including phenoxy) is 3. The summed E-state index contributed by atoms with van der Waals surface area (Å²) in [6, 6.07) is 3.93. The molecule has 2 aromatic heterocycles. The molecule has 5 atom stereocenters. The van der Waals surface area contributed by atoms with Gasteiger partial charge in [-0.15, -0.1) is 11.3 Å². The molecule has 2 saturated heterocycles. The van der Waals surface area contributed by atoms with Gasteiger partial charge in [0, 0.05) is 56.5 Å². The number of nitrogens with zero attached hydrogens (tertiary/aromatic N) is 6.